The van der Waals surface area contributed by atoms with Crippen molar-refractivity contribution in [1.82, 2.24) is 14.8 Å². The molecule has 9 rings (SSSR count). The molecular formula is C43H52N4O8. The lowest BCUT2D eigenvalue weighted by Crippen LogP contribution is -2.81. The van der Waals surface area contributed by atoms with Crippen LogP contribution in [0.15, 0.2) is 48.6 Å². The smallest absolute Gasteiger partial charge is 0.344 e. The van der Waals surface area contributed by atoms with E-state index in [1.807, 2.05) is 37.1 Å². The molecule has 1 aromatic heterocycles. The second-order valence-corrected chi connectivity index (χ2v) is 16.8. The molecule has 5 aliphatic heterocycles. The molecule has 12 nitrogen and oxygen atoms in total. The van der Waals surface area contributed by atoms with Gasteiger partial charge in [-0.25, -0.2) is 4.79 Å². The molecule has 0 amide bonds. The number of hydrogen-bond acceptors (Lipinski definition) is 11. The molecule has 3 aromatic rings. The lowest BCUT2D eigenvalue weighted by Gasteiger charge is -2.63. The Hall–Kier alpha value is -4.39. The number of piperidine rings is 1. The Morgan fingerprint density at radius 2 is 1.80 bits per heavy atom. The average Bonchev–Trinajstić information content (AvgIpc) is 3.84. The van der Waals surface area contributed by atoms with Crippen molar-refractivity contribution in [2.75, 3.05) is 59.5 Å². The van der Waals surface area contributed by atoms with Crippen LogP contribution in [0.3, 0.4) is 0 Å². The van der Waals surface area contributed by atoms with E-state index < -0.39 is 45.9 Å². The zero-order chi connectivity index (χ0) is 38.7. The molecule has 2 bridgehead atoms. The molecule has 6 heterocycles. The summed E-state index contributed by atoms with van der Waals surface area (Å²) in [5.41, 5.74) is -0.0763. The SMILES string of the molecule is CC[C@]12C=CCN3CC[C@@]4(c5cc([C@]6(C(=O)OC)C[C@H]7CCCN(Cc8c6[nH]c6ccccc86)C7)c(OC)cc5N(C)[C@H]4[C@@](O)(C(=O)OC)[C@@H]1OC(C)=O)[C@@H]32. The molecule has 1 unspecified atom stereocenters. The van der Waals surface area contributed by atoms with Crippen LogP contribution >= 0.6 is 0 Å². The van der Waals surface area contributed by atoms with Gasteiger partial charge < -0.3 is 33.9 Å². The lowest BCUT2D eigenvalue weighted by molar-refractivity contribution is -0.228. The maximum atomic E-state index is 15.0. The minimum Gasteiger partial charge on any atom is -0.496 e. The molecule has 1 aliphatic carbocycles. The van der Waals surface area contributed by atoms with E-state index in [4.69, 9.17) is 18.9 Å². The van der Waals surface area contributed by atoms with Gasteiger partial charge in [0.1, 0.15) is 11.2 Å². The highest BCUT2D eigenvalue weighted by atomic mass is 16.6. The number of ether oxygens (including phenoxy) is 4. The Bertz CT molecular complexity index is 2130. The number of likely N-dealkylation sites (N-methyl/N-ethyl adjacent to an activating group) is 1. The summed E-state index contributed by atoms with van der Waals surface area (Å²) in [6.45, 7) is 7.28. The van der Waals surface area contributed by atoms with Crippen LogP contribution in [0, 0.1) is 11.3 Å². The molecule has 1 spiro atoms. The van der Waals surface area contributed by atoms with Gasteiger partial charge in [0.15, 0.2) is 6.10 Å². The summed E-state index contributed by atoms with van der Waals surface area (Å²) in [7, 11) is 6.24. The molecule has 292 valence electrons. The number of benzene rings is 2. The number of esters is 3. The first-order valence-corrected chi connectivity index (χ1v) is 19.7. The predicted molar refractivity (Wildman–Crippen MR) is 205 cm³/mol. The minimum atomic E-state index is -2.26. The molecular weight excluding hydrogens is 700 g/mol. The van der Waals surface area contributed by atoms with E-state index in [0.29, 0.717) is 50.2 Å². The van der Waals surface area contributed by atoms with Crippen LogP contribution in [0.1, 0.15) is 68.3 Å². The number of carbonyl (C=O) groups excluding carboxylic acids is 3. The molecule has 9 atom stereocenters. The van der Waals surface area contributed by atoms with Crippen molar-refractivity contribution in [3.63, 3.8) is 0 Å². The third kappa shape index (κ3) is 4.53. The first-order valence-electron chi connectivity index (χ1n) is 19.7. The van der Waals surface area contributed by atoms with E-state index >= 15 is 4.79 Å². The molecule has 2 N–H and O–H groups in total. The third-order valence-corrected chi connectivity index (χ3v) is 14.5. The number of anilines is 1. The number of para-hydroxylation sites is 1. The van der Waals surface area contributed by atoms with Crippen LogP contribution in [0.5, 0.6) is 5.75 Å². The van der Waals surface area contributed by atoms with E-state index in [1.165, 1.54) is 21.1 Å². The number of aromatic nitrogens is 1. The van der Waals surface area contributed by atoms with Gasteiger partial charge in [0.25, 0.3) is 0 Å². The summed E-state index contributed by atoms with van der Waals surface area (Å²) in [5, 5.41) is 14.3. The number of nitrogens with one attached hydrogen (secondary N) is 1. The van der Waals surface area contributed by atoms with E-state index in [0.717, 1.165) is 59.3 Å². The van der Waals surface area contributed by atoms with Crippen molar-refractivity contribution >= 4 is 34.5 Å². The second-order valence-electron chi connectivity index (χ2n) is 16.8. The number of rotatable bonds is 6. The quantitative estimate of drug-likeness (QED) is 0.213. The standard InChI is InChI=1S/C43H52N4O8/c1-7-40-15-11-18-47-19-16-41(35(40)47)29-20-30(33(52-4)21-32(29)45(3)36(41)43(51,39(50)54-6)37(40)55-25(2)48)42(38(49)53-5)22-26-12-10-17-46(23-26)24-28-27-13-8-9-14-31(27)44-34(28)42/h8-9,11,13-15,20-21,26,35-37,44,51H,7,10,12,16-19,22-24H2,1-6H3/t26-,35+,36-,37-,40-,41-,42-,43+/m1/s1. The number of aliphatic hydroxyl groups is 1. The number of aromatic amines is 1. The highest BCUT2D eigenvalue weighted by Gasteiger charge is 2.80. The van der Waals surface area contributed by atoms with Gasteiger partial charge >= 0.3 is 17.9 Å². The van der Waals surface area contributed by atoms with Crippen molar-refractivity contribution in [1.29, 1.82) is 0 Å². The highest BCUT2D eigenvalue weighted by Crippen LogP contribution is 2.68. The number of methoxy groups -OCH3 is 3. The van der Waals surface area contributed by atoms with Gasteiger partial charge in [-0.2, -0.15) is 0 Å². The van der Waals surface area contributed by atoms with Crippen molar-refractivity contribution in [3.05, 3.63) is 70.9 Å². The minimum absolute atomic E-state index is 0.209. The van der Waals surface area contributed by atoms with E-state index in [-0.39, 0.29) is 17.9 Å². The fourth-order valence-electron chi connectivity index (χ4n) is 12.8. The van der Waals surface area contributed by atoms with Gasteiger partial charge in [0.2, 0.25) is 5.60 Å². The van der Waals surface area contributed by atoms with Crippen LogP contribution in [0.25, 0.3) is 10.9 Å². The zero-order valence-corrected chi connectivity index (χ0v) is 32.6. The number of carbonyl (C=O) groups is 3. The third-order valence-electron chi connectivity index (χ3n) is 14.5. The van der Waals surface area contributed by atoms with Crippen LogP contribution in [0.2, 0.25) is 0 Å². The molecule has 6 aliphatic rings. The largest absolute Gasteiger partial charge is 0.496 e. The van der Waals surface area contributed by atoms with Gasteiger partial charge in [0.05, 0.1) is 27.4 Å². The van der Waals surface area contributed by atoms with Crippen molar-refractivity contribution in [3.8, 4) is 5.75 Å². The van der Waals surface area contributed by atoms with E-state index in [9.17, 15) is 14.7 Å². The van der Waals surface area contributed by atoms with Crippen LogP contribution in [0.4, 0.5) is 5.69 Å². The van der Waals surface area contributed by atoms with Crippen molar-refractivity contribution in [2.24, 2.45) is 11.3 Å². The molecule has 2 saturated heterocycles. The van der Waals surface area contributed by atoms with Crippen LogP contribution in [-0.2, 0) is 46.0 Å². The van der Waals surface area contributed by atoms with E-state index in [2.05, 4.69) is 45.1 Å². The summed E-state index contributed by atoms with van der Waals surface area (Å²) in [6.07, 6.45) is 6.53. The number of H-pyrrole nitrogens is 1. The predicted octanol–water partition coefficient (Wildman–Crippen LogP) is 4.20. The first-order chi connectivity index (χ1) is 26.5. The van der Waals surface area contributed by atoms with Crippen molar-refractivity contribution < 1.29 is 38.4 Å². The van der Waals surface area contributed by atoms with Gasteiger partial charge in [-0.3, -0.25) is 19.4 Å². The number of nitrogens with zero attached hydrogens (tertiary/aromatic N) is 3. The Kier molecular flexibility index (Phi) is 8.28. The Labute approximate surface area is 321 Å². The fraction of sp³-hybridized carbons (Fsp3) is 0.558. The van der Waals surface area contributed by atoms with Crippen molar-refractivity contribution in [2.45, 2.75) is 87.1 Å². The van der Waals surface area contributed by atoms with Gasteiger partial charge in [-0.1, -0.05) is 37.3 Å². The van der Waals surface area contributed by atoms with E-state index in [1.54, 1.807) is 7.11 Å². The Morgan fingerprint density at radius 1 is 1.02 bits per heavy atom. The Balaban J connectivity index is 1.37. The zero-order valence-electron chi connectivity index (χ0n) is 32.6. The summed E-state index contributed by atoms with van der Waals surface area (Å²) in [6, 6.07) is 11.2. The van der Waals surface area contributed by atoms with Crippen LogP contribution in [-0.4, -0.2) is 116 Å². The monoisotopic (exact) mass is 752 g/mol. The topological polar surface area (TPSA) is 134 Å². The second kappa shape index (κ2) is 12.6. The number of hydrogen-bond donors (Lipinski definition) is 2. The normalized spacial score (nSPS) is 35.8. The summed E-state index contributed by atoms with van der Waals surface area (Å²) in [5.74, 6) is -1.07. The Morgan fingerprint density at radius 3 is 2.53 bits per heavy atom. The number of fused-ring (bicyclic) bond motifs is 6. The van der Waals surface area contributed by atoms with Gasteiger partial charge in [-0.15, -0.1) is 0 Å². The maximum absolute atomic E-state index is 15.0. The summed E-state index contributed by atoms with van der Waals surface area (Å²) >= 11 is 0. The highest BCUT2D eigenvalue weighted by molar-refractivity contribution is 5.95. The molecule has 2 aromatic carbocycles. The first kappa shape index (κ1) is 36.3. The average molecular weight is 753 g/mol. The molecule has 3 fully saturated rings. The summed E-state index contributed by atoms with van der Waals surface area (Å²) in [4.78, 5) is 52.9. The molecule has 0 radical (unpaired) electrons. The molecule has 1 saturated carbocycles. The fourth-order valence-corrected chi connectivity index (χ4v) is 12.8. The van der Waals surface area contributed by atoms with Crippen LogP contribution < -0.4 is 9.64 Å². The van der Waals surface area contributed by atoms with Gasteiger partial charge in [-0.05, 0) is 74.4 Å². The lowest BCUT2D eigenvalue weighted by atomic mass is 9.47. The molecule has 55 heavy (non-hydrogen) atoms. The maximum Gasteiger partial charge on any atom is 0.344 e. The molecule has 12 heteroatoms. The summed E-state index contributed by atoms with van der Waals surface area (Å²) < 4.78 is 23.8. The van der Waals surface area contributed by atoms with Gasteiger partial charge in [0, 0.05) is 84.4 Å².